The molecule has 2 rings (SSSR count). The lowest BCUT2D eigenvalue weighted by Crippen LogP contribution is -2.22. The molecule has 17 heavy (non-hydrogen) atoms. The second kappa shape index (κ2) is 5.25. The van der Waals surface area contributed by atoms with Crippen LogP contribution in [0.2, 0.25) is 0 Å². The minimum absolute atomic E-state index is 0.284. The molecule has 2 atom stereocenters. The largest absolute Gasteiger partial charge is 0.301 e. The maximum atomic E-state index is 4.47. The van der Waals surface area contributed by atoms with Gasteiger partial charge in [0.1, 0.15) is 5.01 Å². The van der Waals surface area contributed by atoms with E-state index in [0.29, 0.717) is 6.04 Å². The maximum Gasteiger partial charge on any atom is 0.109 e. The summed E-state index contributed by atoms with van der Waals surface area (Å²) < 4.78 is 0. The van der Waals surface area contributed by atoms with Crippen LogP contribution < -0.4 is 5.32 Å². The molecule has 0 amide bonds. The van der Waals surface area contributed by atoms with Gasteiger partial charge in [0, 0.05) is 22.5 Å². The van der Waals surface area contributed by atoms with E-state index in [4.69, 9.17) is 0 Å². The van der Waals surface area contributed by atoms with E-state index in [9.17, 15) is 0 Å². The molecule has 2 unspecified atom stereocenters. The number of nitrogens with zero attached hydrogens (tertiary/aromatic N) is 2. The molecule has 2 heterocycles. The van der Waals surface area contributed by atoms with Gasteiger partial charge in [-0.15, -0.1) is 22.7 Å². The van der Waals surface area contributed by atoms with E-state index < -0.39 is 0 Å². The van der Waals surface area contributed by atoms with Crippen molar-refractivity contribution in [3.05, 3.63) is 32.2 Å². The number of aromatic nitrogens is 2. The highest BCUT2D eigenvalue weighted by molar-refractivity contribution is 7.11. The Hall–Kier alpha value is -0.780. The van der Waals surface area contributed by atoms with E-state index in [0.717, 1.165) is 15.7 Å². The summed E-state index contributed by atoms with van der Waals surface area (Å²) in [4.78, 5) is 10.1. The molecule has 0 fully saturated rings. The molecule has 1 N–H and O–H groups in total. The van der Waals surface area contributed by atoms with Crippen LogP contribution in [0.3, 0.4) is 0 Å². The van der Waals surface area contributed by atoms with Gasteiger partial charge in [0.05, 0.1) is 16.7 Å². The summed E-state index contributed by atoms with van der Waals surface area (Å²) >= 11 is 3.46. The first kappa shape index (κ1) is 12.7. The number of thiazole rings is 2. The van der Waals surface area contributed by atoms with E-state index in [1.54, 1.807) is 22.7 Å². The van der Waals surface area contributed by atoms with Gasteiger partial charge < -0.3 is 5.32 Å². The predicted molar refractivity (Wildman–Crippen MR) is 73.7 cm³/mol. The lowest BCUT2D eigenvalue weighted by molar-refractivity contribution is 0.496. The van der Waals surface area contributed by atoms with E-state index in [-0.39, 0.29) is 6.04 Å². The van der Waals surface area contributed by atoms with Gasteiger partial charge in [-0.3, -0.25) is 0 Å². The van der Waals surface area contributed by atoms with Crippen LogP contribution >= 0.6 is 22.7 Å². The van der Waals surface area contributed by atoms with Crippen LogP contribution in [0.15, 0.2) is 11.6 Å². The SMILES string of the molecule is Cc1nc(C)c(C(C)NC(C)c2nccs2)s1. The molecule has 3 nitrogen and oxygen atoms in total. The highest BCUT2D eigenvalue weighted by Gasteiger charge is 2.16. The molecule has 0 aromatic carbocycles. The van der Waals surface area contributed by atoms with Crippen LogP contribution in [0.1, 0.15) is 46.5 Å². The third kappa shape index (κ3) is 2.91. The smallest absolute Gasteiger partial charge is 0.109 e. The number of hydrogen-bond donors (Lipinski definition) is 1. The van der Waals surface area contributed by atoms with E-state index >= 15 is 0 Å². The monoisotopic (exact) mass is 267 g/mol. The normalized spacial score (nSPS) is 14.8. The van der Waals surface area contributed by atoms with Gasteiger partial charge in [-0.05, 0) is 27.7 Å². The quantitative estimate of drug-likeness (QED) is 0.919. The van der Waals surface area contributed by atoms with Crippen molar-refractivity contribution in [3.8, 4) is 0 Å². The Morgan fingerprint density at radius 2 is 2.00 bits per heavy atom. The molecule has 0 saturated carbocycles. The summed E-state index contributed by atoms with van der Waals surface area (Å²) in [7, 11) is 0. The number of rotatable bonds is 4. The van der Waals surface area contributed by atoms with Crippen molar-refractivity contribution in [1.29, 1.82) is 0 Å². The summed E-state index contributed by atoms with van der Waals surface area (Å²) in [6.45, 7) is 8.46. The molecular formula is C12H17N3S2. The Balaban J connectivity index is 2.06. The zero-order chi connectivity index (χ0) is 12.4. The fourth-order valence-electron chi connectivity index (χ4n) is 1.92. The van der Waals surface area contributed by atoms with Crippen molar-refractivity contribution in [2.24, 2.45) is 0 Å². The summed E-state index contributed by atoms with van der Waals surface area (Å²) in [5.41, 5.74) is 1.14. The maximum absolute atomic E-state index is 4.47. The average Bonchev–Trinajstić information content (AvgIpc) is 2.87. The molecule has 0 aliphatic carbocycles. The number of hydrogen-bond acceptors (Lipinski definition) is 5. The Labute approximate surface area is 110 Å². The van der Waals surface area contributed by atoms with Gasteiger partial charge in [-0.1, -0.05) is 0 Å². The number of nitrogens with one attached hydrogen (secondary N) is 1. The predicted octanol–water partition coefficient (Wildman–Crippen LogP) is 3.63. The lowest BCUT2D eigenvalue weighted by Gasteiger charge is -2.17. The summed E-state index contributed by atoms with van der Waals surface area (Å²) in [6, 6.07) is 0.604. The van der Waals surface area contributed by atoms with Crippen molar-refractivity contribution in [2.75, 3.05) is 0 Å². The molecule has 0 bridgehead atoms. The van der Waals surface area contributed by atoms with Crippen molar-refractivity contribution in [3.63, 3.8) is 0 Å². The van der Waals surface area contributed by atoms with Crippen LogP contribution in [0.5, 0.6) is 0 Å². The van der Waals surface area contributed by atoms with E-state index in [2.05, 4.69) is 43.0 Å². The molecule has 0 aliphatic heterocycles. The zero-order valence-electron chi connectivity index (χ0n) is 10.5. The van der Waals surface area contributed by atoms with E-state index in [1.807, 2.05) is 11.6 Å². The standard InChI is InChI=1S/C12H17N3S2/c1-7(11-8(2)15-10(4)17-11)14-9(3)12-13-5-6-16-12/h5-7,9,14H,1-4H3. The number of aryl methyl sites for hydroxylation is 2. The third-order valence-electron chi connectivity index (χ3n) is 2.65. The Bertz CT molecular complexity index is 476. The van der Waals surface area contributed by atoms with Crippen LogP contribution in [0, 0.1) is 13.8 Å². The van der Waals surface area contributed by atoms with Crippen LogP contribution in [0.4, 0.5) is 0 Å². The van der Waals surface area contributed by atoms with Crippen LogP contribution in [0.25, 0.3) is 0 Å². The molecule has 92 valence electrons. The first-order chi connectivity index (χ1) is 8.08. The topological polar surface area (TPSA) is 37.8 Å². The molecule has 2 aromatic rings. The van der Waals surface area contributed by atoms with Gasteiger partial charge in [0.15, 0.2) is 0 Å². The van der Waals surface area contributed by atoms with Crippen molar-refractivity contribution < 1.29 is 0 Å². The minimum atomic E-state index is 0.284. The minimum Gasteiger partial charge on any atom is -0.301 e. The fourth-order valence-corrected chi connectivity index (χ4v) is 3.51. The highest BCUT2D eigenvalue weighted by Crippen LogP contribution is 2.27. The molecule has 0 saturated heterocycles. The molecule has 0 aliphatic rings. The second-order valence-electron chi connectivity index (χ2n) is 4.16. The van der Waals surface area contributed by atoms with Crippen LogP contribution in [-0.2, 0) is 0 Å². The molecule has 5 heteroatoms. The molecule has 2 aromatic heterocycles. The van der Waals surface area contributed by atoms with Gasteiger partial charge in [0.2, 0.25) is 0 Å². The van der Waals surface area contributed by atoms with Crippen molar-refractivity contribution >= 4 is 22.7 Å². The summed E-state index contributed by atoms with van der Waals surface area (Å²) in [5.74, 6) is 0. The van der Waals surface area contributed by atoms with Crippen LogP contribution in [-0.4, -0.2) is 9.97 Å². The van der Waals surface area contributed by atoms with Crippen molar-refractivity contribution in [2.45, 2.75) is 39.8 Å². The average molecular weight is 267 g/mol. The first-order valence-electron chi connectivity index (χ1n) is 5.67. The summed E-state index contributed by atoms with van der Waals surface area (Å²) in [5, 5.41) is 7.85. The lowest BCUT2D eigenvalue weighted by atomic mass is 10.2. The Kier molecular flexibility index (Phi) is 3.91. The zero-order valence-corrected chi connectivity index (χ0v) is 12.2. The Morgan fingerprint density at radius 3 is 2.53 bits per heavy atom. The van der Waals surface area contributed by atoms with Gasteiger partial charge in [-0.25, -0.2) is 9.97 Å². The third-order valence-corrected chi connectivity index (χ3v) is 4.87. The Morgan fingerprint density at radius 1 is 1.24 bits per heavy atom. The fraction of sp³-hybridized carbons (Fsp3) is 0.500. The molecule has 0 spiro atoms. The summed E-state index contributed by atoms with van der Waals surface area (Å²) in [6.07, 6.45) is 1.85. The molecular weight excluding hydrogens is 250 g/mol. The first-order valence-corrected chi connectivity index (χ1v) is 7.37. The van der Waals surface area contributed by atoms with Gasteiger partial charge >= 0.3 is 0 Å². The highest BCUT2D eigenvalue weighted by atomic mass is 32.1. The van der Waals surface area contributed by atoms with Gasteiger partial charge in [-0.2, -0.15) is 0 Å². The van der Waals surface area contributed by atoms with E-state index in [1.165, 1.54) is 4.88 Å². The van der Waals surface area contributed by atoms with Crippen molar-refractivity contribution in [1.82, 2.24) is 15.3 Å². The van der Waals surface area contributed by atoms with Gasteiger partial charge in [0.25, 0.3) is 0 Å². The molecule has 0 radical (unpaired) electrons. The second-order valence-corrected chi connectivity index (χ2v) is 6.32.